The van der Waals surface area contributed by atoms with Crippen molar-refractivity contribution in [1.82, 2.24) is 0 Å². The van der Waals surface area contributed by atoms with E-state index in [1.807, 2.05) is 19.1 Å². The van der Waals surface area contributed by atoms with E-state index in [0.717, 1.165) is 16.3 Å². The lowest BCUT2D eigenvalue weighted by atomic mass is 9.89. The molecule has 0 saturated carbocycles. The number of hydrogen-bond acceptors (Lipinski definition) is 2. The Labute approximate surface area is 119 Å². The molecule has 2 aromatic rings. The van der Waals surface area contributed by atoms with Crippen molar-refractivity contribution < 1.29 is 15.0 Å². The summed E-state index contributed by atoms with van der Waals surface area (Å²) in [4.78, 5) is 11.3. The van der Waals surface area contributed by atoms with E-state index < -0.39 is 5.97 Å². The van der Waals surface area contributed by atoms with Gasteiger partial charge >= 0.3 is 5.97 Å². The average Bonchev–Trinajstić information content (AvgIpc) is 2.42. The summed E-state index contributed by atoms with van der Waals surface area (Å²) >= 11 is 0. The average molecular weight is 274 g/mol. The van der Waals surface area contributed by atoms with Gasteiger partial charge in [-0.1, -0.05) is 12.1 Å². The Hall–Kier alpha value is -1.87. The van der Waals surface area contributed by atoms with Crippen molar-refractivity contribution in [3.05, 3.63) is 46.0 Å². The van der Waals surface area contributed by atoms with Gasteiger partial charge in [0.2, 0.25) is 0 Å². The van der Waals surface area contributed by atoms with Crippen LogP contribution in [-0.4, -0.2) is 22.8 Å². The topological polar surface area (TPSA) is 57.5 Å². The first-order valence-corrected chi connectivity index (χ1v) is 6.70. The third-order valence-electron chi connectivity index (χ3n) is 3.76. The number of fused-ring (bicyclic) bond motifs is 1. The summed E-state index contributed by atoms with van der Waals surface area (Å²) in [5, 5.41) is 18.8. The number of carboxylic acids is 1. The SMILES string of the molecule is CCO.Cc1c(C)c(C)c2c(C(=O)O)cccc2c1C. The first kappa shape index (κ1) is 16.2. The number of rotatable bonds is 1. The lowest BCUT2D eigenvalue weighted by Gasteiger charge is -2.15. The Morgan fingerprint density at radius 2 is 1.50 bits per heavy atom. The van der Waals surface area contributed by atoms with Crippen LogP contribution in [-0.2, 0) is 0 Å². The van der Waals surface area contributed by atoms with Crippen molar-refractivity contribution in [2.24, 2.45) is 0 Å². The first-order chi connectivity index (χ1) is 9.36. The number of carboxylic acid groups (broad SMARTS) is 1. The van der Waals surface area contributed by atoms with Crippen LogP contribution < -0.4 is 0 Å². The van der Waals surface area contributed by atoms with Gasteiger partial charge in [0.25, 0.3) is 0 Å². The van der Waals surface area contributed by atoms with Crippen LogP contribution in [0.5, 0.6) is 0 Å². The molecule has 0 bridgehead atoms. The molecule has 0 saturated heterocycles. The second-order valence-electron chi connectivity index (χ2n) is 4.85. The lowest BCUT2D eigenvalue weighted by Crippen LogP contribution is -2.02. The minimum atomic E-state index is -0.860. The molecule has 0 aromatic heterocycles. The fraction of sp³-hybridized carbons (Fsp3) is 0.353. The van der Waals surface area contributed by atoms with Gasteiger partial charge in [0.1, 0.15) is 0 Å². The van der Waals surface area contributed by atoms with Crippen molar-refractivity contribution in [1.29, 1.82) is 0 Å². The van der Waals surface area contributed by atoms with E-state index in [9.17, 15) is 9.90 Å². The van der Waals surface area contributed by atoms with E-state index in [4.69, 9.17) is 5.11 Å². The minimum absolute atomic E-state index is 0.250. The van der Waals surface area contributed by atoms with Crippen molar-refractivity contribution in [3.63, 3.8) is 0 Å². The Morgan fingerprint density at radius 1 is 1.00 bits per heavy atom. The zero-order chi connectivity index (χ0) is 15.4. The maximum absolute atomic E-state index is 11.3. The molecule has 0 amide bonds. The number of aromatic carboxylic acids is 1. The summed E-state index contributed by atoms with van der Waals surface area (Å²) in [6.45, 7) is 10.1. The number of carbonyl (C=O) groups is 1. The molecule has 3 heteroatoms. The third-order valence-corrected chi connectivity index (χ3v) is 3.76. The van der Waals surface area contributed by atoms with Crippen LogP contribution in [0.1, 0.15) is 39.5 Å². The molecule has 0 aliphatic rings. The molecule has 0 aliphatic carbocycles. The van der Waals surface area contributed by atoms with Gasteiger partial charge in [-0.15, -0.1) is 0 Å². The Kier molecular flexibility index (Phi) is 5.28. The zero-order valence-corrected chi connectivity index (χ0v) is 12.7. The molecule has 0 fully saturated rings. The van der Waals surface area contributed by atoms with Crippen LogP contribution in [0.15, 0.2) is 18.2 Å². The molecule has 0 aliphatic heterocycles. The maximum Gasteiger partial charge on any atom is 0.336 e. The van der Waals surface area contributed by atoms with Crippen LogP contribution in [0, 0.1) is 27.7 Å². The summed E-state index contributed by atoms with van der Waals surface area (Å²) in [6, 6.07) is 5.48. The molecule has 0 heterocycles. The van der Waals surface area contributed by atoms with E-state index in [1.165, 1.54) is 16.7 Å². The van der Waals surface area contributed by atoms with E-state index >= 15 is 0 Å². The number of benzene rings is 2. The predicted octanol–water partition coefficient (Wildman–Crippen LogP) is 3.77. The minimum Gasteiger partial charge on any atom is -0.478 e. The Bertz CT molecular complexity index is 642. The monoisotopic (exact) mass is 274 g/mol. The van der Waals surface area contributed by atoms with Crippen molar-refractivity contribution in [2.75, 3.05) is 6.61 Å². The van der Waals surface area contributed by atoms with E-state index in [0.29, 0.717) is 5.56 Å². The highest BCUT2D eigenvalue weighted by Crippen LogP contribution is 2.31. The van der Waals surface area contributed by atoms with Gasteiger partial charge in [0.05, 0.1) is 5.56 Å². The highest BCUT2D eigenvalue weighted by molar-refractivity contribution is 6.06. The Balaban J connectivity index is 0.000000612. The van der Waals surface area contributed by atoms with Crippen LogP contribution in [0.25, 0.3) is 10.8 Å². The molecule has 0 unspecified atom stereocenters. The maximum atomic E-state index is 11.3. The van der Waals surface area contributed by atoms with Gasteiger partial charge in [-0.3, -0.25) is 0 Å². The highest BCUT2D eigenvalue weighted by atomic mass is 16.4. The molecular weight excluding hydrogens is 252 g/mol. The molecule has 20 heavy (non-hydrogen) atoms. The summed E-state index contributed by atoms with van der Waals surface area (Å²) < 4.78 is 0. The quantitative estimate of drug-likeness (QED) is 0.832. The predicted molar refractivity (Wildman–Crippen MR) is 82.6 cm³/mol. The molecule has 2 N–H and O–H groups in total. The number of aliphatic hydroxyl groups excluding tert-OH is 1. The van der Waals surface area contributed by atoms with Gasteiger partial charge in [-0.2, -0.15) is 0 Å². The van der Waals surface area contributed by atoms with E-state index in [1.54, 1.807) is 13.0 Å². The second kappa shape index (κ2) is 6.53. The summed E-state index contributed by atoms with van der Waals surface area (Å²) in [6.07, 6.45) is 0. The van der Waals surface area contributed by atoms with Crippen molar-refractivity contribution in [3.8, 4) is 0 Å². The summed E-state index contributed by atoms with van der Waals surface area (Å²) in [5.41, 5.74) is 5.07. The van der Waals surface area contributed by atoms with Gasteiger partial charge in [-0.25, -0.2) is 4.79 Å². The molecular formula is C17H22O3. The van der Waals surface area contributed by atoms with Gasteiger partial charge in [0, 0.05) is 6.61 Å². The zero-order valence-electron chi connectivity index (χ0n) is 12.7. The third kappa shape index (κ3) is 2.83. The number of aliphatic hydroxyl groups is 1. The van der Waals surface area contributed by atoms with Gasteiger partial charge in [0.15, 0.2) is 0 Å². The van der Waals surface area contributed by atoms with Crippen LogP contribution in [0.3, 0.4) is 0 Å². The van der Waals surface area contributed by atoms with Gasteiger partial charge < -0.3 is 10.2 Å². The smallest absolute Gasteiger partial charge is 0.336 e. The van der Waals surface area contributed by atoms with Crippen LogP contribution in [0.4, 0.5) is 0 Å². The largest absolute Gasteiger partial charge is 0.478 e. The standard InChI is InChI=1S/C15H16O2.C2H6O/c1-8-9(2)11(4)14-12(10(8)3)6-5-7-13(14)15(16)17;1-2-3/h5-7H,1-4H3,(H,16,17);3H,2H2,1H3. The second-order valence-corrected chi connectivity index (χ2v) is 4.85. The van der Waals surface area contributed by atoms with Crippen LogP contribution >= 0.6 is 0 Å². The van der Waals surface area contributed by atoms with E-state index in [2.05, 4.69) is 20.8 Å². The molecule has 2 aromatic carbocycles. The molecule has 0 radical (unpaired) electrons. The van der Waals surface area contributed by atoms with Crippen molar-refractivity contribution >= 4 is 16.7 Å². The lowest BCUT2D eigenvalue weighted by molar-refractivity contribution is 0.0699. The van der Waals surface area contributed by atoms with Crippen LogP contribution in [0.2, 0.25) is 0 Å². The molecule has 0 spiro atoms. The molecule has 3 nitrogen and oxygen atoms in total. The van der Waals surface area contributed by atoms with Crippen molar-refractivity contribution in [2.45, 2.75) is 34.6 Å². The molecule has 108 valence electrons. The number of hydrogen-bond donors (Lipinski definition) is 2. The first-order valence-electron chi connectivity index (χ1n) is 6.70. The number of aryl methyl sites for hydroxylation is 2. The summed E-state index contributed by atoms with van der Waals surface area (Å²) in [5.74, 6) is -0.860. The Morgan fingerprint density at radius 3 is 2.00 bits per heavy atom. The normalized spacial score (nSPS) is 10.1. The molecule has 2 rings (SSSR count). The summed E-state index contributed by atoms with van der Waals surface area (Å²) in [7, 11) is 0. The highest BCUT2D eigenvalue weighted by Gasteiger charge is 2.15. The van der Waals surface area contributed by atoms with Gasteiger partial charge in [-0.05, 0) is 73.7 Å². The fourth-order valence-corrected chi connectivity index (χ4v) is 2.40. The molecule has 0 atom stereocenters. The fourth-order valence-electron chi connectivity index (χ4n) is 2.40. The van der Waals surface area contributed by atoms with E-state index in [-0.39, 0.29) is 6.61 Å².